The summed E-state index contributed by atoms with van der Waals surface area (Å²) in [7, 11) is 1.92. The summed E-state index contributed by atoms with van der Waals surface area (Å²) in [6, 6.07) is 2.63. The lowest BCUT2D eigenvalue weighted by Gasteiger charge is -2.30. The Kier molecular flexibility index (Phi) is 2.96. The van der Waals surface area contributed by atoms with Crippen molar-refractivity contribution in [1.82, 2.24) is 24.9 Å². The lowest BCUT2D eigenvalue weighted by Crippen LogP contribution is -2.37. The average Bonchev–Trinajstić information content (AvgIpc) is 3.01. The Balaban J connectivity index is 1.61. The number of rotatable bonds is 2. The molecule has 0 radical (unpaired) electrons. The molecule has 3 aliphatic heterocycles. The molecule has 5 heterocycles. The van der Waals surface area contributed by atoms with E-state index in [0.717, 1.165) is 28.9 Å². The third-order valence-electron chi connectivity index (χ3n) is 4.25. The smallest absolute Gasteiger partial charge is 0.208 e. The monoisotopic (exact) mass is 290 g/mol. The van der Waals surface area contributed by atoms with E-state index in [-0.39, 0.29) is 0 Å². The molecule has 106 valence electrons. The molecule has 0 unspecified atom stereocenters. The van der Waals surface area contributed by atoms with E-state index in [1.165, 1.54) is 25.9 Å². The first-order valence-corrected chi connectivity index (χ1v) is 7.94. The predicted octanol–water partition coefficient (Wildman–Crippen LogP) is 1.22. The van der Waals surface area contributed by atoms with Crippen LogP contribution in [0.2, 0.25) is 0 Å². The van der Waals surface area contributed by atoms with Crippen molar-refractivity contribution in [3.8, 4) is 10.7 Å². The zero-order valence-electron chi connectivity index (χ0n) is 11.6. The van der Waals surface area contributed by atoms with Gasteiger partial charge in [0.25, 0.3) is 0 Å². The molecule has 7 heteroatoms. The summed E-state index contributed by atoms with van der Waals surface area (Å²) in [5, 5.41) is 15.1. The first-order chi connectivity index (χ1) is 9.79. The number of piperidine rings is 1. The summed E-state index contributed by atoms with van der Waals surface area (Å²) in [4.78, 5) is 5.01. The fourth-order valence-corrected chi connectivity index (χ4v) is 4.01. The van der Waals surface area contributed by atoms with Crippen molar-refractivity contribution in [2.75, 3.05) is 31.1 Å². The molecule has 3 aliphatic rings. The highest BCUT2D eigenvalue weighted by Gasteiger charge is 2.31. The van der Waals surface area contributed by atoms with Gasteiger partial charge in [0.15, 0.2) is 5.01 Å². The van der Waals surface area contributed by atoms with Crippen LogP contribution >= 0.6 is 11.3 Å². The van der Waals surface area contributed by atoms with Crippen LogP contribution in [0.5, 0.6) is 0 Å². The summed E-state index contributed by atoms with van der Waals surface area (Å²) in [5.74, 6) is 0. The molecule has 2 aromatic rings. The van der Waals surface area contributed by atoms with E-state index in [2.05, 4.69) is 25.1 Å². The number of nitrogens with zero attached hydrogens (tertiary/aromatic N) is 6. The Morgan fingerprint density at radius 3 is 2.75 bits per heavy atom. The number of fused-ring (bicyclic) bond motifs is 4. The highest BCUT2D eigenvalue weighted by Crippen LogP contribution is 2.32. The van der Waals surface area contributed by atoms with Gasteiger partial charge in [-0.25, -0.2) is 0 Å². The van der Waals surface area contributed by atoms with Crippen LogP contribution in [0.1, 0.15) is 12.8 Å². The van der Waals surface area contributed by atoms with Gasteiger partial charge < -0.3 is 9.80 Å². The van der Waals surface area contributed by atoms with Gasteiger partial charge in [-0.05, 0) is 18.9 Å². The maximum absolute atomic E-state index is 4.41. The standard InChI is InChI=1S/C13H18N6S/c1-17-5-4-11(16-17)12-14-15-13(20-12)19-9-8-18-6-2-10(19)3-7-18/h4-5,10H,2-3,6-9H2,1H3. The van der Waals surface area contributed by atoms with Gasteiger partial charge in [0.1, 0.15) is 5.69 Å². The zero-order chi connectivity index (χ0) is 13.5. The van der Waals surface area contributed by atoms with Crippen LogP contribution in [0.3, 0.4) is 0 Å². The van der Waals surface area contributed by atoms with E-state index in [1.807, 2.05) is 19.3 Å². The molecule has 0 aliphatic carbocycles. The van der Waals surface area contributed by atoms with Gasteiger partial charge in [0.2, 0.25) is 5.13 Å². The maximum Gasteiger partial charge on any atom is 0.208 e. The van der Waals surface area contributed by atoms with Crippen LogP contribution in [0.15, 0.2) is 12.3 Å². The lowest BCUT2D eigenvalue weighted by atomic mass is 10.1. The second-order valence-electron chi connectivity index (χ2n) is 5.53. The van der Waals surface area contributed by atoms with Gasteiger partial charge >= 0.3 is 0 Å². The number of aromatic nitrogens is 4. The number of hydrogen-bond acceptors (Lipinski definition) is 6. The first kappa shape index (κ1) is 12.3. The van der Waals surface area contributed by atoms with Crippen LogP contribution in [0, 0.1) is 0 Å². The van der Waals surface area contributed by atoms with Gasteiger partial charge in [-0.15, -0.1) is 10.2 Å². The fraction of sp³-hybridized carbons (Fsp3) is 0.615. The molecule has 0 aromatic carbocycles. The molecule has 3 fully saturated rings. The molecular weight excluding hydrogens is 272 g/mol. The molecule has 3 saturated heterocycles. The van der Waals surface area contributed by atoms with E-state index in [9.17, 15) is 0 Å². The Morgan fingerprint density at radius 2 is 2.00 bits per heavy atom. The van der Waals surface area contributed by atoms with Gasteiger partial charge in [-0.2, -0.15) is 5.10 Å². The van der Waals surface area contributed by atoms with Gasteiger partial charge in [-0.1, -0.05) is 11.3 Å². The quantitative estimate of drug-likeness (QED) is 0.832. The molecule has 6 nitrogen and oxygen atoms in total. The van der Waals surface area contributed by atoms with Crippen LogP contribution in [0.25, 0.3) is 10.7 Å². The summed E-state index contributed by atoms with van der Waals surface area (Å²) < 4.78 is 1.80. The fourth-order valence-electron chi connectivity index (χ4n) is 3.10. The summed E-state index contributed by atoms with van der Waals surface area (Å²) in [6.45, 7) is 4.68. The minimum Gasteiger partial charge on any atom is -0.342 e. The molecule has 20 heavy (non-hydrogen) atoms. The molecule has 0 saturated carbocycles. The van der Waals surface area contributed by atoms with Crippen molar-refractivity contribution in [3.05, 3.63) is 12.3 Å². The third-order valence-corrected chi connectivity index (χ3v) is 5.23. The molecular formula is C13H18N6S. The van der Waals surface area contributed by atoms with Crippen molar-refractivity contribution in [2.24, 2.45) is 7.05 Å². The third kappa shape index (κ3) is 2.10. The second-order valence-corrected chi connectivity index (χ2v) is 6.49. The van der Waals surface area contributed by atoms with Crippen molar-refractivity contribution < 1.29 is 0 Å². The van der Waals surface area contributed by atoms with E-state index >= 15 is 0 Å². The molecule has 0 N–H and O–H groups in total. The molecule has 5 rings (SSSR count). The topological polar surface area (TPSA) is 50.1 Å². The van der Waals surface area contributed by atoms with Crippen molar-refractivity contribution in [1.29, 1.82) is 0 Å². The normalized spacial score (nSPS) is 25.9. The summed E-state index contributed by atoms with van der Waals surface area (Å²) in [6.07, 6.45) is 4.44. The van der Waals surface area contributed by atoms with E-state index in [1.54, 1.807) is 16.0 Å². The van der Waals surface area contributed by atoms with Gasteiger partial charge in [0, 0.05) is 45.5 Å². The summed E-state index contributed by atoms with van der Waals surface area (Å²) >= 11 is 1.66. The van der Waals surface area contributed by atoms with E-state index in [0.29, 0.717) is 6.04 Å². The van der Waals surface area contributed by atoms with Crippen molar-refractivity contribution in [2.45, 2.75) is 18.9 Å². The predicted molar refractivity (Wildman–Crippen MR) is 78.9 cm³/mol. The Hall–Kier alpha value is -1.47. The van der Waals surface area contributed by atoms with Crippen LogP contribution in [0.4, 0.5) is 5.13 Å². The van der Waals surface area contributed by atoms with Crippen LogP contribution in [-0.4, -0.2) is 57.1 Å². The molecule has 2 aromatic heterocycles. The first-order valence-electron chi connectivity index (χ1n) is 7.12. The highest BCUT2D eigenvalue weighted by molar-refractivity contribution is 7.18. The minimum absolute atomic E-state index is 0.637. The number of anilines is 1. The largest absolute Gasteiger partial charge is 0.342 e. The Bertz CT molecular complexity index is 598. The molecule has 0 spiro atoms. The van der Waals surface area contributed by atoms with Gasteiger partial charge in [0.05, 0.1) is 0 Å². The van der Waals surface area contributed by atoms with Crippen molar-refractivity contribution >= 4 is 16.5 Å². The van der Waals surface area contributed by atoms with Crippen LogP contribution in [-0.2, 0) is 7.05 Å². The SMILES string of the molecule is Cn1ccc(-c2nnc(N3CCN4CCC3CC4)s2)n1. The second kappa shape index (κ2) is 4.82. The average molecular weight is 290 g/mol. The van der Waals surface area contributed by atoms with Crippen LogP contribution < -0.4 is 4.90 Å². The number of hydrogen-bond donors (Lipinski definition) is 0. The minimum atomic E-state index is 0.637. The maximum atomic E-state index is 4.41. The van der Waals surface area contributed by atoms with Gasteiger partial charge in [-0.3, -0.25) is 4.68 Å². The van der Waals surface area contributed by atoms with E-state index in [4.69, 9.17) is 0 Å². The van der Waals surface area contributed by atoms with Crippen molar-refractivity contribution in [3.63, 3.8) is 0 Å². The highest BCUT2D eigenvalue weighted by atomic mass is 32.1. The molecule has 0 atom stereocenters. The molecule has 0 amide bonds. The Labute approximate surface area is 122 Å². The molecule has 2 bridgehead atoms. The summed E-state index contributed by atoms with van der Waals surface area (Å²) in [5.41, 5.74) is 0.916. The van der Waals surface area contributed by atoms with E-state index < -0.39 is 0 Å². The zero-order valence-corrected chi connectivity index (χ0v) is 12.4. The number of aryl methyl sites for hydroxylation is 1. The lowest BCUT2D eigenvalue weighted by molar-refractivity contribution is 0.250. The Morgan fingerprint density at radius 1 is 1.15 bits per heavy atom.